The van der Waals surface area contributed by atoms with Crippen molar-refractivity contribution in [1.82, 2.24) is 10.6 Å². The zero-order valence-corrected chi connectivity index (χ0v) is 12.2. The van der Waals surface area contributed by atoms with E-state index >= 15 is 0 Å². The van der Waals surface area contributed by atoms with Gasteiger partial charge in [-0.1, -0.05) is 6.92 Å². The highest BCUT2D eigenvalue weighted by atomic mass is 35.5. The number of halogens is 1. The fraction of sp³-hybridized carbons (Fsp3) is 0.846. The second kappa shape index (κ2) is 7.10. The molecule has 19 heavy (non-hydrogen) atoms. The molecule has 2 aliphatic carbocycles. The Bertz CT molecular complexity index is 336. The second-order valence-corrected chi connectivity index (χ2v) is 5.50. The normalized spacial score (nSPS) is 31.7. The molecule has 0 aromatic rings. The van der Waals surface area contributed by atoms with Crippen molar-refractivity contribution >= 4 is 24.2 Å². The molecule has 2 bridgehead atoms. The first-order valence-electron chi connectivity index (χ1n) is 6.93. The molecular weight excluding hydrogens is 266 g/mol. The number of hydrogen-bond acceptors (Lipinski definition) is 3. The van der Waals surface area contributed by atoms with E-state index in [0.717, 1.165) is 25.7 Å². The lowest BCUT2D eigenvalue weighted by Gasteiger charge is -2.26. The zero-order chi connectivity index (χ0) is 13.1. The summed E-state index contributed by atoms with van der Waals surface area (Å²) >= 11 is 0. The van der Waals surface area contributed by atoms with Crippen LogP contribution >= 0.6 is 12.4 Å². The monoisotopic (exact) mass is 289 g/mol. The molecule has 2 rings (SSSR count). The van der Waals surface area contributed by atoms with Crippen molar-refractivity contribution in [3.8, 4) is 0 Å². The van der Waals surface area contributed by atoms with Crippen LogP contribution in [0.3, 0.4) is 0 Å². The van der Waals surface area contributed by atoms with Gasteiger partial charge >= 0.3 is 0 Å². The maximum Gasteiger partial charge on any atom is 0.239 e. The summed E-state index contributed by atoms with van der Waals surface area (Å²) in [6.45, 7) is 2.72. The highest BCUT2D eigenvalue weighted by Gasteiger charge is 2.48. The van der Waals surface area contributed by atoms with Crippen LogP contribution in [0.2, 0.25) is 0 Å². The Hall–Kier alpha value is -0.810. The minimum Gasteiger partial charge on any atom is -0.355 e. The van der Waals surface area contributed by atoms with Crippen LogP contribution in [0.4, 0.5) is 0 Å². The van der Waals surface area contributed by atoms with Crippen molar-refractivity contribution in [1.29, 1.82) is 0 Å². The molecule has 4 N–H and O–H groups in total. The minimum atomic E-state index is -0.123. The molecular formula is C13H24ClN3O2. The summed E-state index contributed by atoms with van der Waals surface area (Å²) in [6, 6.07) is -0.0116. The highest BCUT2D eigenvalue weighted by Crippen LogP contribution is 2.47. The van der Waals surface area contributed by atoms with E-state index in [1.807, 2.05) is 6.92 Å². The van der Waals surface area contributed by atoms with E-state index in [1.54, 1.807) is 0 Å². The number of hydrogen-bond donors (Lipinski definition) is 3. The smallest absolute Gasteiger partial charge is 0.239 e. The molecule has 2 fully saturated rings. The predicted octanol–water partition coefficient (Wildman–Crippen LogP) is 0.424. The van der Waals surface area contributed by atoms with Gasteiger partial charge in [-0.05, 0) is 37.5 Å². The van der Waals surface area contributed by atoms with Gasteiger partial charge in [-0.3, -0.25) is 9.59 Å². The average molecular weight is 290 g/mol. The maximum absolute atomic E-state index is 12.1. The molecule has 4 atom stereocenters. The van der Waals surface area contributed by atoms with Gasteiger partial charge in [0.1, 0.15) is 0 Å². The van der Waals surface area contributed by atoms with Crippen molar-refractivity contribution in [3.05, 3.63) is 0 Å². The first-order chi connectivity index (χ1) is 8.63. The highest BCUT2D eigenvalue weighted by molar-refractivity contribution is 5.86. The van der Waals surface area contributed by atoms with Crippen LogP contribution in [0.15, 0.2) is 0 Å². The molecule has 0 aromatic heterocycles. The molecule has 0 saturated heterocycles. The number of amides is 2. The molecule has 0 spiro atoms. The van der Waals surface area contributed by atoms with E-state index in [2.05, 4.69) is 10.6 Å². The van der Waals surface area contributed by atoms with Crippen molar-refractivity contribution in [3.63, 3.8) is 0 Å². The Morgan fingerprint density at radius 1 is 1.21 bits per heavy atom. The Kier molecular flexibility index (Phi) is 6.07. The molecule has 2 amide bonds. The SMILES string of the molecule is CCCNC(=O)CNC(=O)C1C2CCC(C2)C1N.Cl. The quantitative estimate of drug-likeness (QED) is 0.686. The van der Waals surface area contributed by atoms with Crippen LogP contribution in [-0.4, -0.2) is 30.9 Å². The summed E-state index contributed by atoms with van der Waals surface area (Å²) in [5.41, 5.74) is 6.09. The molecule has 0 radical (unpaired) electrons. The Labute approximate surface area is 120 Å². The molecule has 2 saturated carbocycles. The standard InChI is InChI=1S/C13H23N3O2.ClH/c1-2-5-15-10(17)7-16-13(18)11-8-3-4-9(6-8)12(11)14;/h8-9,11-12H,2-7,14H2,1H3,(H,15,17)(H,16,18);1H. The second-order valence-electron chi connectivity index (χ2n) is 5.50. The molecule has 4 unspecified atom stereocenters. The lowest BCUT2D eigenvalue weighted by molar-refractivity contribution is -0.130. The van der Waals surface area contributed by atoms with Crippen LogP contribution in [0.5, 0.6) is 0 Å². The van der Waals surface area contributed by atoms with E-state index in [4.69, 9.17) is 5.73 Å². The van der Waals surface area contributed by atoms with Crippen LogP contribution in [-0.2, 0) is 9.59 Å². The summed E-state index contributed by atoms with van der Waals surface area (Å²) in [5.74, 6) is 0.703. The Morgan fingerprint density at radius 2 is 1.89 bits per heavy atom. The van der Waals surface area contributed by atoms with E-state index in [-0.39, 0.29) is 42.7 Å². The first-order valence-corrected chi connectivity index (χ1v) is 6.93. The van der Waals surface area contributed by atoms with Gasteiger partial charge in [0.25, 0.3) is 0 Å². The molecule has 110 valence electrons. The van der Waals surface area contributed by atoms with Crippen LogP contribution in [0, 0.1) is 17.8 Å². The van der Waals surface area contributed by atoms with Gasteiger partial charge in [-0.15, -0.1) is 12.4 Å². The van der Waals surface area contributed by atoms with Gasteiger partial charge in [-0.2, -0.15) is 0 Å². The van der Waals surface area contributed by atoms with E-state index in [9.17, 15) is 9.59 Å². The van der Waals surface area contributed by atoms with E-state index in [1.165, 1.54) is 0 Å². The molecule has 6 heteroatoms. The van der Waals surface area contributed by atoms with Gasteiger partial charge in [0, 0.05) is 12.6 Å². The van der Waals surface area contributed by atoms with Gasteiger partial charge in [0.15, 0.2) is 0 Å². The number of carbonyl (C=O) groups is 2. The van der Waals surface area contributed by atoms with E-state index in [0.29, 0.717) is 18.4 Å². The molecule has 0 aromatic carbocycles. The molecule has 5 nitrogen and oxygen atoms in total. The number of nitrogens with one attached hydrogen (secondary N) is 2. The minimum absolute atomic E-state index is 0. The van der Waals surface area contributed by atoms with E-state index < -0.39 is 0 Å². The summed E-state index contributed by atoms with van der Waals surface area (Å²) in [4.78, 5) is 23.5. The van der Waals surface area contributed by atoms with Crippen molar-refractivity contribution < 1.29 is 9.59 Å². The average Bonchev–Trinajstić information content (AvgIpc) is 2.94. The maximum atomic E-state index is 12.1. The van der Waals surface area contributed by atoms with Gasteiger partial charge in [0.05, 0.1) is 12.5 Å². The molecule has 0 aliphatic heterocycles. The topological polar surface area (TPSA) is 84.2 Å². The van der Waals surface area contributed by atoms with Crippen LogP contribution < -0.4 is 16.4 Å². The number of rotatable bonds is 5. The summed E-state index contributed by atoms with van der Waals surface area (Å²) < 4.78 is 0. The third kappa shape index (κ3) is 3.60. The zero-order valence-electron chi connectivity index (χ0n) is 11.4. The molecule has 2 aliphatic rings. The number of fused-ring (bicyclic) bond motifs is 2. The van der Waals surface area contributed by atoms with Crippen molar-refractivity contribution in [2.75, 3.05) is 13.1 Å². The van der Waals surface area contributed by atoms with Gasteiger partial charge in [0.2, 0.25) is 11.8 Å². The summed E-state index contributed by atoms with van der Waals surface area (Å²) in [7, 11) is 0. The largest absolute Gasteiger partial charge is 0.355 e. The Balaban J connectivity index is 0.00000180. The van der Waals surface area contributed by atoms with Gasteiger partial charge in [-0.25, -0.2) is 0 Å². The summed E-state index contributed by atoms with van der Waals surface area (Å²) in [5, 5.41) is 5.46. The van der Waals surface area contributed by atoms with Gasteiger partial charge < -0.3 is 16.4 Å². The molecule has 0 heterocycles. The third-order valence-electron chi connectivity index (χ3n) is 4.28. The lowest BCUT2D eigenvalue weighted by Crippen LogP contribution is -2.47. The predicted molar refractivity (Wildman–Crippen MR) is 75.9 cm³/mol. The van der Waals surface area contributed by atoms with Crippen LogP contribution in [0.1, 0.15) is 32.6 Å². The van der Waals surface area contributed by atoms with Crippen molar-refractivity contribution in [2.24, 2.45) is 23.5 Å². The third-order valence-corrected chi connectivity index (χ3v) is 4.28. The summed E-state index contributed by atoms with van der Waals surface area (Å²) in [6.07, 6.45) is 4.25. The first kappa shape index (κ1) is 16.2. The fourth-order valence-corrected chi connectivity index (χ4v) is 3.34. The number of carbonyl (C=O) groups excluding carboxylic acids is 2. The van der Waals surface area contributed by atoms with Crippen molar-refractivity contribution in [2.45, 2.75) is 38.6 Å². The lowest BCUT2D eigenvalue weighted by atomic mass is 9.84. The number of nitrogens with two attached hydrogens (primary N) is 1. The fourth-order valence-electron chi connectivity index (χ4n) is 3.34. The van der Waals surface area contributed by atoms with Crippen LogP contribution in [0.25, 0.3) is 0 Å². The Morgan fingerprint density at radius 3 is 2.47 bits per heavy atom.